The third-order valence-electron chi connectivity index (χ3n) is 2.89. The average Bonchev–Trinajstić information content (AvgIpc) is 2.97. The maximum Gasteiger partial charge on any atom is 0.242 e. The Labute approximate surface area is 142 Å². The van der Waals surface area contributed by atoms with Crippen molar-refractivity contribution in [2.75, 3.05) is 12.3 Å². The van der Waals surface area contributed by atoms with Crippen molar-refractivity contribution < 1.29 is 8.42 Å². The zero-order chi connectivity index (χ0) is 17.0. The normalized spacial score (nSPS) is 21.3. The number of sulfonamides is 1. The van der Waals surface area contributed by atoms with Crippen LogP contribution in [-0.4, -0.2) is 48.5 Å². The van der Waals surface area contributed by atoms with Gasteiger partial charge in [0.05, 0.1) is 18.0 Å². The van der Waals surface area contributed by atoms with Gasteiger partial charge in [0, 0.05) is 16.9 Å². The smallest absolute Gasteiger partial charge is 0.242 e. The molecule has 0 radical (unpaired) electrons. The Morgan fingerprint density at radius 1 is 1.57 bits per heavy atom. The highest BCUT2D eigenvalue weighted by atomic mass is 32.2. The minimum absolute atomic E-state index is 0.0105. The van der Waals surface area contributed by atoms with Gasteiger partial charge in [-0.25, -0.2) is 13.4 Å². The van der Waals surface area contributed by atoms with Gasteiger partial charge in [0.15, 0.2) is 11.8 Å². The van der Waals surface area contributed by atoms with Crippen molar-refractivity contribution in [2.24, 2.45) is 21.5 Å². The molecule has 1 unspecified atom stereocenters. The fourth-order valence-corrected chi connectivity index (χ4v) is 4.24. The lowest BCUT2D eigenvalue weighted by molar-refractivity contribution is 0.592. The van der Waals surface area contributed by atoms with Crippen LogP contribution < -0.4 is 16.2 Å². The second-order valence-corrected chi connectivity index (χ2v) is 8.59. The first-order valence-corrected chi connectivity index (χ1v) is 10.1. The number of amidine groups is 1. The van der Waals surface area contributed by atoms with Crippen LogP contribution in [0.3, 0.4) is 0 Å². The minimum atomic E-state index is -3.47. The van der Waals surface area contributed by atoms with Crippen molar-refractivity contribution in [3.05, 3.63) is 11.1 Å². The zero-order valence-corrected chi connectivity index (χ0v) is 14.8. The molecule has 1 atom stereocenters. The number of aliphatic imine (C=N–C) groups is 2. The molecule has 6 N–H and O–H groups in total. The molecule has 1 aliphatic rings. The van der Waals surface area contributed by atoms with Gasteiger partial charge < -0.3 is 16.9 Å². The van der Waals surface area contributed by atoms with Crippen LogP contribution in [0.25, 0.3) is 0 Å². The average molecular weight is 376 g/mol. The number of hydrogen-bond acceptors (Lipinski definition) is 8. The summed E-state index contributed by atoms with van der Waals surface area (Å²) in [6, 6.07) is 0. The number of nitrogens with zero attached hydrogens (tertiary/aromatic N) is 3. The van der Waals surface area contributed by atoms with Crippen molar-refractivity contribution in [2.45, 2.75) is 17.9 Å². The van der Waals surface area contributed by atoms with Gasteiger partial charge in [-0.05, 0) is 6.92 Å². The number of thioether (sulfide) groups is 1. The molecular formula is C11H17N7O2S3. The number of nitrogens with two attached hydrogens (primary N) is 2. The maximum absolute atomic E-state index is 11.6. The molecule has 0 spiro atoms. The maximum atomic E-state index is 11.6. The molecule has 23 heavy (non-hydrogen) atoms. The van der Waals surface area contributed by atoms with Gasteiger partial charge in [0.25, 0.3) is 0 Å². The van der Waals surface area contributed by atoms with Crippen LogP contribution in [0.4, 0.5) is 5.13 Å². The number of aromatic nitrogens is 1. The lowest BCUT2D eigenvalue weighted by atomic mass is 10.3. The third-order valence-corrected chi connectivity index (χ3v) is 6.28. The number of guanidine groups is 1. The van der Waals surface area contributed by atoms with Gasteiger partial charge in [-0.3, -0.25) is 9.71 Å². The summed E-state index contributed by atoms with van der Waals surface area (Å²) in [4.78, 5) is 12.3. The molecule has 0 amide bonds. The van der Waals surface area contributed by atoms with E-state index in [1.54, 1.807) is 11.8 Å². The minimum Gasteiger partial charge on any atom is -0.370 e. The van der Waals surface area contributed by atoms with Gasteiger partial charge in [-0.1, -0.05) is 0 Å². The zero-order valence-electron chi connectivity index (χ0n) is 12.3. The molecule has 1 aromatic rings. The Balaban J connectivity index is 1.78. The van der Waals surface area contributed by atoms with Crippen LogP contribution in [-0.2, 0) is 15.8 Å². The van der Waals surface area contributed by atoms with E-state index in [-0.39, 0.29) is 17.5 Å². The largest absolute Gasteiger partial charge is 0.370 e. The number of hydrogen-bond donors (Lipinski definition) is 4. The van der Waals surface area contributed by atoms with Crippen LogP contribution in [0.5, 0.6) is 0 Å². The second-order valence-electron chi connectivity index (χ2n) is 4.64. The summed E-state index contributed by atoms with van der Waals surface area (Å²) in [7, 11) is -3.47. The highest BCUT2D eigenvalue weighted by Gasteiger charge is 2.36. The predicted octanol–water partition coefficient (Wildman–Crippen LogP) is 0.0210. The lowest BCUT2D eigenvalue weighted by Crippen LogP contribution is -2.23. The Morgan fingerprint density at radius 2 is 2.30 bits per heavy atom. The molecule has 1 saturated heterocycles. The fraction of sp³-hybridized carbons (Fsp3) is 0.455. The summed E-state index contributed by atoms with van der Waals surface area (Å²) in [6.45, 7) is 1.89. The van der Waals surface area contributed by atoms with E-state index in [1.165, 1.54) is 18.3 Å². The van der Waals surface area contributed by atoms with Crippen molar-refractivity contribution >= 4 is 55.8 Å². The molecular weight excluding hydrogens is 358 g/mol. The first kappa shape index (κ1) is 17.7. The highest BCUT2D eigenvalue weighted by molar-refractivity contribution is 7.98. The van der Waals surface area contributed by atoms with E-state index < -0.39 is 15.3 Å². The van der Waals surface area contributed by atoms with Crippen molar-refractivity contribution in [3.8, 4) is 0 Å². The van der Waals surface area contributed by atoms with Gasteiger partial charge in [-0.15, -0.1) is 11.3 Å². The first-order valence-electron chi connectivity index (χ1n) is 6.56. The fourth-order valence-electron chi connectivity index (χ4n) is 1.67. The molecule has 126 valence electrons. The van der Waals surface area contributed by atoms with E-state index in [0.717, 1.165) is 5.69 Å². The highest BCUT2D eigenvalue weighted by Crippen LogP contribution is 2.21. The van der Waals surface area contributed by atoms with E-state index in [4.69, 9.17) is 16.9 Å². The van der Waals surface area contributed by atoms with E-state index in [2.05, 4.69) is 19.7 Å². The molecule has 1 fully saturated rings. The monoisotopic (exact) mass is 375 g/mol. The molecule has 0 saturated carbocycles. The van der Waals surface area contributed by atoms with Crippen LogP contribution in [0.1, 0.15) is 12.6 Å². The topological polar surface area (TPSA) is 160 Å². The van der Waals surface area contributed by atoms with Gasteiger partial charge in [0.2, 0.25) is 15.2 Å². The molecule has 2 heterocycles. The van der Waals surface area contributed by atoms with Crippen LogP contribution >= 0.6 is 23.1 Å². The Hall–Kier alpha value is -1.66. The molecule has 9 nitrogen and oxygen atoms in total. The summed E-state index contributed by atoms with van der Waals surface area (Å²) in [5, 5.41) is 9.27. The van der Waals surface area contributed by atoms with E-state index in [9.17, 15) is 8.42 Å². The molecule has 1 aliphatic heterocycles. The summed E-state index contributed by atoms with van der Waals surface area (Å²) >= 11 is 2.96. The van der Waals surface area contributed by atoms with Crippen molar-refractivity contribution in [1.82, 2.24) is 9.71 Å². The molecule has 0 aliphatic carbocycles. The summed E-state index contributed by atoms with van der Waals surface area (Å²) in [5.41, 5.74) is 11.4. The predicted molar refractivity (Wildman–Crippen MR) is 95.3 cm³/mol. The Morgan fingerprint density at radius 3 is 2.91 bits per heavy atom. The SMILES string of the molecule is CC1C(=N)C(=NCCSCc2csc(N=C(N)N)n2)NS1(=O)=O. The Bertz CT molecular complexity index is 749. The van der Waals surface area contributed by atoms with Gasteiger partial charge in [0.1, 0.15) is 5.25 Å². The number of nitrogens with one attached hydrogen (secondary N) is 2. The molecule has 2 rings (SSSR count). The van der Waals surface area contributed by atoms with Crippen molar-refractivity contribution in [3.63, 3.8) is 0 Å². The van der Waals surface area contributed by atoms with E-state index in [0.29, 0.717) is 23.2 Å². The summed E-state index contributed by atoms with van der Waals surface area (Å²) < 4.78 is 25.4. The first-order chi connectivity index (χ1) is 10.8. The van der Waals surface area contributed by atoms with Crippen molar-refractivity contribution in [1.29, 1.82) is 5.41 Å². The van der Waals surface area contributed by atoms with Crippen LogP contribution in [0.2, 0.25) is 0 Å². The number of rotatable bonds is 6. The lowest BCUT2D eigenvalue weighted by Gasteiger charge is -1.98. The summed E-state index contributed by atoms with van der Waals surface area (Å²) in [5.74, 6) is 1.48. The molecule has 1 aromatic heterocycles. The van der Waals surface area contributed by atoms with Crippen LogP contribution in [0.15, 0.2) is 15.4 Å². The van der Waals surface area contributed by atoms with Gasteiger partial charge in [-0.2, -0.15) is 16.8 Å². The third kappa shape index (κ3) is 4.65. The summed E-state index contributed by atoms with van der Waals surface area (Å²) in [6.07, 6.45) is 0. The molecule has 0 bridgehead atoms. The quantitative estimate of drug-likeness (QED) is 0.311. The molecule has 12 heteroatoms. The van der Waals surface area contributed by atoms with E-state index >= 15 is 0 Å². The number of thiazole rings is 1. The standard InChI is InChI=1S/C11H17N7O2S3/c1-6-8(12)9(18-23(6,19)20)15-2-3-21-4-7-5-22-11(16-7)17-10(13)14/h5-6,12H,2-4H2,1H3,(H,15,18)(H4,13,14,16,17). The Kier molecular flexibility index (Phi) is 5.59. The second kappa shape index (κ2) is 7.27. The van der Waals surface area contributed by atoms with Crippen LogP contribution in [0, 0.1) is 5.41 Å². The van der Waals surface area contributed by atoms with E-state index in [1.807, 2.05) is 5.38 Å². The van der Waals surface area contributed by atoms with Gasteiger partial charge >= 0.3 is 0 Å². The molecule has 0 aromatic carbocycles.